The highest BCUT2D eigenvalue weighted by Crippen LogP contribution is 2.44. The van der Waals surface area contributed by atoms with Gasteiger partial charge in [0.05, 0.1) is 21.4 Å². The number of benzene rings is 6. The van der Waals surface area contributed by atoms with Crippen LogP contribution in [0.2, 0.25) is 0 Å². The lowest BCUT2D eigenvalue weighted by molar-refractivity contribution is 1.06. The van der Waals surface area contributed by atoms with E-state index in [1.54, 1.807) is 6.33 Å². The highest BCUT2D eigenvalue weighted by atomic mass is 32.1. The quantitative estimate of drug-likeness (QED) is 0.185. The van der Waals surface area contributed by atoms with Crippen LogP contribution in [0.1, 0.15) is 0 Å². The van der Waals surface area contributed by atoms with E-state index in [1.807, 2.05) is 66.1 Å². The average Bonchev–Trinajstić information content (AvgIpc) is 3.74. The lowest BCUT2D eigenvalue weighted by Crippen LogP contribution is -1.98. The lowest BCUT2D eigenvalue weighted by Gasteiger charge is -2.12. The largest absolute Gasteiger partial charge is 0.308 e. The second-order valence-electron chi connectivity index (χ2n) is 12.3. The van der Waals surface area contributed by atoms with Crippen LogP contribution in [0.25, 0.3) is 92.8 Å². The standard InChI is InChI=1S/C44H27N5S/c1-4-12-28(13-5-1)31-25-37(44-47-27-46-43(48-44)29-14-6-2-7-15-29)40(45-26-31)30-20-23-39-36(24-30)35-22-21-34-33-18-10-11-19-38(33)49(41(34)42(35)50-39)32-16-8-3-9-17-32/h1-27H. The molecule has 0 fully saturated rings. The van der Waals surface area contributed by atoms with Crippen LogP contribution >= 0.6 is 11.3 Å². The third-order valence-corrected chi connectivity index (χ3v) is 10.6. The summed E-state index contributed by atoms with van der Waals surface area (Å²) in [7, 11) is 0. The molecule has 0 aliphatic rings. The Hall–Kier alpha value is -6.50. The van der Waals surface area contributed by atoms with Crippen molar-refractivity contribution in [3.8, 4) is 50.8 Å². The molecule has 0 aliphatic carbocycles. The number of nitrogens with zero attached hydrogens (tertiary/aromatic N) is 5. The molecule has 0 atom stereocenters. The molecule has 10 rings (SSSR count). The maximum atomic E-state index is 5.11. The Morgan fingerprint density at radius 3 is 2.00 bits per heavy atom. The number of aromatic nitrogens is 5. The molecule has 0 bridgehead atoms. The predicted molar refractivity (Wildman–Crippen MR) is 207 cm³/mol. The van der Waals surface area contributed by atoms with Gasteiger partial charge in [0.15, 0.2) is 11.6 Å². The van der Waals surface area contributed by atoms with Gasteiger partial charge in [0.1, 0.15) is 6.33 Å². The molecule has 0 spiro atoms. The summed E-state index contributed by atoms with van der Waals surface area (Å²) in [5.41, 5.74) is 9.33. The molecule has 0 saturated carbocycles. The van der Waals surface area contributed by atoms with Crippen LogP contribution in [0.3, 0.4) is 0 Å². The molecule has 0 saturated heterocycles. The van der Waals surface area contributed by atoms with Crippen molar-refractivity contribution in [1.29, 1.82) is 0 Å². The van der Waals surface area contributed by atoms with Gasteiger partial charge in [-0.2, -0.15) is 0 Å². The zero-order chi connectivity index (χ0) is 33.0. The molecule has 4 heterocycles. The maximum absolute atomic E-state index is 5.11. The van der Waals surface area contributed by atoms with Gasteiger partial charge in [0.25, 0.3) is 0 Å². The minimum Gasteiger partial charge on any atom is -0.308 e. The second-order valence-corrected chi connectivity index (χ2v) is 13.4. The van der Waals surface area contributed by atoms with Crippen molar-refractivity contribution in [2.45, 2.75) is 0 Å². The van der Waals surface area contributed by atoms with E-state index >= 15 is 0 Å². The summed E-state index contributed by atoms with van der Waals surface area (Å²) in [5, 5.41) is 4.95. The van der Waals surface area contributed by atoms with Gasteiger partial charge in [-0.3, -0.25) is 4.98 Å². The molecule has 0 unspecified atom stereocenters. The number of rotatable bonds is 5. The summed E-state index contributed by atoms with van der Waals surface area (Å²) in [4.78, 5) is 19.3. The van der Waals surface area contributed by atoms with E-state index in [-0.39, 0.29) is 0 Å². The summed E-state index contributed by atoms with van der Waals surface area (Å²) in [6.07, 6.45) is 3.54. The molecule has 6 aromatic carbocycles. The van der Waals surface area contributed by atoms with Gasteiger partial charge in [0.2, 0.25) is 0 Å². The van der Waals surface area contributed by atoms with Gasteiger partial charge >= 0.3 is 0 Å². The van der Waals surface area contributed by atoms with E-state index in [4.69, 9.17) is 9.97 Å². The third-order valence-electron chi connectivity index (χ3n) is 9.40. The predicted octanol–water partition coefficient (Wildman–Crippen LogP) is 11.4. The zero-order valence-corrected chi connectivity index (χ0v) is 27.5. The lowest BCUT2D eigenvalue weighted by atomic mass is 9.99. The van der Waals surface area contributed by atoms with Crippen molar-refractivity contribution in [3.63, 3.8) is 0 Å². The Bertz CT molecular complexity index is 2860. The Labute approximate surface area is 291 Å². The molecule has 0 N–H and O–H groups in total. The van der Waals surface area contributed by atoms with E-state index in [0.717, 1.165) is 39.2 Å². The Balaban J connectivity index is 1.20. The van der Waals surface area contributed by atoms with Crippen molar-refractivity contribution < 1.29 is 0 Å². The van der Waals surface area contributed by atoms with Gasteiger partial charge in [0, 0.05) is 60.4 Å². The maximum Gasteiger partial charge on any atom is 0.165 e. The smallest absolute Gasteiger partial charge is 0.165 e. The third kappa shape index (κ3) is 4.61. The van der Waals surface area contributed by atoms with Gasteiger partial charge in [-0.25, -0.2) is 15.0 Å². The van der Waals surface area contributed by atoms with E-state index < -0.39 is 0 Å². The van der Waals surface area contributed by atoms with E-state index in [0.29, 0.717) is 11.6 Å². The van der Waals surface area contributed by atoms with Crippen LogP contribution < -0.4 is 0 Å². The van der Waals surface area contributed by atoms with Crippen LogP contribution in [0.5, 0.6) is 0 Å². The van der Waals surface area contributed by atoms with Gasteiger partial charge in [-0.05, 0) is 42.0 Å². The molecule has 0 radical (unpaired) electrons. The highest BCUT2D eigenvalue weighted by molar-refractivity contribution is 7.26. The first-order chi connectivity index (χ1) is 24.8. The Morgan fingerprint density at radius 1 is 0.480 bits per heavy atom. The summed E-state index contributed by atoms with van der Waals surface area (Å²) in [6.45, 7) is 0. The minimum absolute atomic E-state index is 0.587. The van der Waals surface area contributed by atoms with Crippen molar-refractivity contribution in [1.82, 2.24) is 24.5 Å². The fourth-order valence-corrected chi connectivity index (χ4v) is 8.30. The molecule has 6 heteroatoms. The monoisotopic (exact) mass is 657 g/mol. The zero-order valence-electron chi connectivity index (χ0n) is 26.7. The highest BCUT2D eigenvalue weighted by Gasteiger charge is 2.20. The summed E-state index contributed by atoms with van der Waals surface area (Å²) in [6, 6.07) is 53.1. The van der Waals surface area contributed by atoms with Crippen molar-refractivity contribution in [2.24, 2.45) is 0 Å². The number of fused-ring (bicyclic) bond motifs is 7. The van der Waals surface area contributed by atoms with Gasteiger partial charge in [-0.1, -0.05) is 115 Å². The first-order valence-electron chi connectivity index (χ1n) is 16.5. The van der Waals surface area contributed by atoms with Crippen LogP contribution in [0.15, 0.2) is 164 Å². The molecule has 10 aromatic rings. The number of hydrogen-bond donors (Lipinski definition) is 0. The van der Waals surface area contributed by atoms with Gasteiger partial charge < -0.3 is 4.57 Å². The normalized spacial score (nSPS) is 11.6. The Kier molecular flexibility index (Phi) is 6.60. The number of hydrogen-bond acceptors (Lipinski definition) is 5. The van der Waals surface area contributed by atoms with Crippen LogP contribution in [-0.2, 0) is 0 Å². The van der Waals surface area contributed by atoms with E-state index in [2.05, 4.69) is 118 Å². The van der Waals surface area contributed by atoms with Crippen LogP contribution in [0, 0.1) is 0 Å². The van der Waals surface area contributed by atoms with E-state index in [9.17, 15) is 0 Å². The number of pyridine rings is 1. The first kappa shape index (κ1) is 28.5. The van der Waals surface area contributed by atoms with Crippen molar-refractivity contribution in [2.75, 3.05) is 0 Å². The van der Waals surface area contributed by atoms with Crippen LogP contribution in [0.4, 0.5) is 0 Å². The fraction of sp³-hybridized carbons (Fsp3) is 0. The molecule has 234 valence electrons. The number of thiophene rings is 1. The summed E-state index contributed by atoms with van der Waals surface area (Å²) < 4.78 is 4.92. The summed E-state index contributed by atoms with van der Waals surface area (Å²) in [5.74, 6) is 1.22. The first-order valence-corrected chi connectivity index (χ1v) is 17.4. The SMILES string of the molecule is c1ccc(-c2cnc(-c3ccc4sc5c(ccc6c7ccccc7n(-c7ccccc7)c65)c4c3)c(-c3ncnc(-c4ccccc4)n3)c2)cc1. The fourth-order valence-electron chi connectivity index (χ4n) is 7.08. The second kappa shape index (κ2) is 11.6. The van der Waals surface area contributed by atoms with Crippen molar-refractivity contribution >= 4 is 53.3 Å². The molecule has 4 aromatic heterocycles. The van der Waals surface area contributed by atoms with Gasteiger partial charge in [-0.15, -0.1) is 11.3 Å². The number of para-hydroxylation sites is 2. The topological polar surface area (TPSA) is 56.5 Å². The van der Waals surface area contributed by atoms with E-state index in [1.165, 1.54) is 42.0 Å². The average molecular weight is 658 g/mol. The molecule has 0 aliphatic heterocycles. The Morgan fingerprint density at radius 2 is 1.18 bits per heavy atom. The molecule has 5 nitrogen and oxygen atoms in total. The summed E-state index contributed by atoms with van der Waals surface area (Å²) >= 11 is 1.84. The molecular weight excluding hydrogens is 631 g/mol. The van der Waals surface area contributed by atoms with Crippen molar-refractivity contribution in [3.05, 3.63) is 164 Å². The minimum atomic E-state index is 0.587. The molecule has 50 heavy (non-hydrogen) atoms. The molecular formula is C44H27N5S. The van der Waals surface area contributed by atoms with Crippen LogP contribution in [-0.4, -0.2) is 24.5 Å². The molecule has 0 amide bonds.